The number of anilines is 9. The largest absolute Gasteiger partial charge is 0.505 e. The number of phenolic OH excluding ortho intramolecular Hbond substituents is 1. The Morgan fingerprint density at radius 3 is 1.87 bits per heavy atom. The first-order valence-electron chi connectivity index (χ1n) is 25.4. The van der Waals surface area contributed by atoms with E-state index in [2.05, 4.69) is 77.2 Å². The van der Waals surface area contributed by atoms with E-state index in [1.165, 1.54) is 44.4 Å². The fourth-order valence-electron chi connectivity index (χ4n) is 9.16. The number of aryl methyl sites for hydroxylation is 2. The van der Waals surface area contributed by atoms with Crippen LogP contribution in [0, 0.1) is 13.8 Å². The van der Waals surface area contributed by atoms with E-state index < -0.39 is 92.4 Å². The number of phenols is 1. The van der Waals surface area contributed by atoms with Crippen LogP contribution in [0.4, 0.5) is 63.6 Å². The summed E-state index contributed by atoms with van der Waals surface area (Å²) in [6.07, 6.45) is 0. The van der Waals surface area contributed by atoms with Gasteiger partial charge in [-0.3, -0.25) is 43.3 Å². The molecule has 0 radical (unpaired) electrons. The van der Waals surface area contributed by atoms with Gasteiger partial charge >= 0.3 is 0 Å². The van der Waals surface area contributed by atoms with Crippen LogP contribution in [0.25, 0.3) is 21.5 Å². The van der Waals surface area contributed by atoms with Gasteiger partial charge in [0.1, 0.15) is 36.7 Å². The Balaban J connectivity index is 0.892. The number of carbonyl (C=O) groups excluding carboxylic acids is 1. The lowest BCUT2D eigenvalue weighted by Gasteiger charge is -2.34. The molecule has 0 unspecified atom stereocenters. The van der Waals surface area contributed by atoms with Crippen molar-refractivity contribution in [2.24, 2.45) is 10.2 Å². The lowest BCUT2D eigenvalue weighted by Crippen LogP contribution is -2.48. The van der Waals surface area contributed by atoms with Gasteiger partial charge in [0.15, 0.2) is 5.75 Å². The third kappa shape index (κ3) is 15.2. The molecule has 90 heavy (non-hydrogen) atoms. The molecule has 41 heteroatoms. The van der Waals surface area contributed by atoms with Crippen molar-refractivity contribution in [1.29, 1.82) is 0 Å². The average molecular weight is 1380 g/mol. The Morgan fingerprint density at radius 2 is 1.23 bits per heavy atom. The number of methoxy groups -OCH3 is 1. The minimum absolute atomic E-state index is 0.0294. The minimum Gasteiger partial charge on any atom is -0.505 e. The number of amides is 1. The predicted molar refractivity (Wildman–Crippen MR) is 327 cm³/mol. The Kier molecular flexibility index (Phi) is 18.6. The quantitative estimate of drug-likeness (QED) is 0.0153. The summed E-state index contributed by atoms with van der Waals surface area (Å²) in [7, 11) is -23.8. The number of benzene rings is 6. The van der Waals surface area contributed by atoms with Crippen LogP contribution in [0.3, 0.4) is 0 Å². The highest BCUT2D eigenvalue weighted by Gasteiger charge is 2.29. The van der Waals surface area contributed by atoms with Crippen LogP contribution >= 0.6 is 23.2 Å². The Labute approximate surface area is 520 Å². The predicted octanol–water partition coefficient (Wildman–Crippen LogP) is 6.77. The number of hydrogen-bond donors (Lipinski definition) is 12. The van der Waals surface area contributed by atoms with Crippen molar-refractivity contribution in [3.8, 4) is 11.5 Å². The standard InChI is InChI=1S/C49H48Cl2N16O18S5/c1-23-14-34(39(15-24(23)2)89(79,80)81)64-65-42-40(90(82,83)84)17-26-16-28(86(70,71)72)20-35(41(26)43(42)69)55-47-57-44(50)56-46(60-47)52-8-9-66-10-12-67(13-11-66)49-59-45(51)58-48(61-49)54-33-21-31(53-25(3)68)32(22-36(33)85-4)63-62-27-18-30-29(38(19-27)88(76,77)78)6-5-7-37(30)87(73,74)75/h5-7,14-22,64-65,69H,8-13H2,1-4H3,(H,53,68)(H,70,71,72)(H,73,74,75)(H,76,77,78)(H,79,80,81)(H,82,83,84)(H,54,58,59,61)(H2,52,55,56,57,60)/b63-62+. The van der Waals surface area contributed by atoms with Crippen LogP contribution in [0.1, 0.15) is 18.1 Å². The maximum atomic E-state index is 12.8. The molecule has 0 saturated carbocycles. The molecule has 2 aromatic heterocycles. The molecule has 1 amide bonds. The number of piperazine rings is 1. The van der Waals surface area contributed by atoms with Gasteiger partial charge in [-0.25, -0.2) is 0 Å². The Morgan fingerprint density at radius 1 is 0.611 bits per heavy atom. The van der Waals surface area contributed by atoms with Gasteiger partial charge in [-0.05, 0) is 108 Å². The minimum atomic E-state index is -5.29. The maximum absolute atomic E-state index is 12.8. The van der Waals surface area contributed by atoms with E-state index in [1.807, 2.05) is 4.90 Å². The van der Waals surface area contributed by atoms with Crippen LogP contribution in [0.15, 0.2) is 108 Å². The number of fused-ring (bicyclic) bond motifs is 2. The van der Waals surface area contributed by atoms with Crippen LogP contribution in [0.5, 0.6) is 11.5 Å². The van der Waals surface area contributed by atoms with Crippen molar-refractivity contribution in [3.05, 3.63) is 94.5 Å². The molecule has 476 valence electrons. The first-order valence-corrected chi connectivity index (χ1v) is 33.4. The van der Waals surface area contributed by atoms with Crippen LogP contribution < -0.4 is 41.8 Å². The summed E-state index contributed by atoms with van der Waals surface area (Å²) in [6.45, 7) is 6.63. The zero-order valence-electron chi connectivity index (χ0n) is 46.5. The molecule has 1 aliphatic heterocycles. The topological polar surface area (TPSA) is 499 Å². The number of rotatable bonds is 21. The van der Waals surface area contributed by atoms with Crippen molar-refractivity contribution >= 4 is 165 Å². The molecule has 0 atom stereocenters. The summed E-state index contributed by atoms with van der Waals surface area (Å²) in [5.41, 5.74) is 4.14. The number of halogens is 2. The van der Waals surface area contributed by atoms with Gasteiger partial charge in [0.05, 0.1) is 40.4 Å². The van der Waals surface area contributed by atoms with E-state index in [9.17, 15) is 74.8 Å². The van der Waals surface area contributed by atoms with Crippen molar-refractivity contribution in [3.63, 3.8) is 0 Å². The molecule has 6 aromatic carbocycles. The summed E-state index contributed by atoms with van der Waals surface area (Å²) < 4.78 is 180. The number of azo groups is 1. The second-order valence-corrected chi connectivity index (χ2v) is 27.1. The molecule has 0 spiro atoms. The van der Waals surface area contributed by atoms with Gasteiger partial charge < -0.3 is 36.0 Å². The van der Waals surface area contributed by atoms with Crippen molar-refractivity contribution in [2.45, 2.75) is 45.2 Å². The molecule has 12 N–H and O–H groups in total. The summed E-state index contributed by atoms with van der Waals surface area (Å²) in [4.78, 5) is 37.9. The average Bonchev–Trinajstić information content (AvgIpc) is 0.777. The smallest absolute Gasteiger partial charge is 0.296 e. The van der Waals surface area contributed by atoms with Gasteiger partial charge in [0.25, 0.3) is 50.6 Å². The van der Waals surface area contributed by atoms with Crippen molar-refractivity contribution in [2.75, 3.05) is 83.4 Å². The van der Waals surface area contributed by atoms with E-state index in [-0.39, 0.29) is 102 Å². The monoisotopic (exact) mass is 1380 g/mol. The summed E-state index contributed by atoms with van der Waals surface area (Å²) in [5.74, 6) is -1.80. The van der Waals surface area contributed by atoms with Crippen molar-refractivity contribution in [1.82, 2.24) is 34.8 Å². The van der Waals surface area contributed by atoms with E-state index in [0.717, 1.165) is 42.5 Å². The normalized spacial score (nSPS) is 13.6. The molecule has 0 aliphatic carbocycles. The van der Waals surface area contributed by atoms with E-state index in [0.29, 0.717) is 43.9 Å². The fraction of sp³-hybridized carbons (Fsp3) is 0.204. The number of hydrazine groups is 1. The number of nitrogens with one attached hydrogen (secondary N) is 6. The van der Waals surface area contributed by atoms with Crippen LogP contribution in [-0.4, -0.2) is 157 Å². The summed E-state index contributed by atoms with van der Waals surface area (Å²) >= 11 is 12.7. The molecular weight excluding hydrogens is 1330 g/mol. The first kappa shape index (κ1) is 65.9. The second-order valence-electron chi connectivity index (χ2n) is 19.5. The van der Waals surface area contributed by atoms with Crippen molar-refractivity contribution < 1.29 is 79.5 Å². The number of aromatic nitrogens is 6. The van der Waals surface area contributed by atoms with E-state index >= 15 is 0 Å². The molecule has 3 heterocycles. The SMILES string of the molecule is COc1cc(/N=N/c2cc(S(=O)(=O)O)c3cccc(S(=O)(=O)O)c3c2)c(NC(C)=O)cc1Nc1nc(Cl)nc(N2CCN(CCNc3nc(Cl)nc(Nc4cc(S(=O)(=O)O)cc5cc(S(=O)(=O)O)c(NNc6cc(C)c(C)cc6S(=O)(=O)O)c(O)c45)n3)CC2)n1. The van der Waals surface area contributed by atoms with Gasteiger partial charge in [-0.1, -0.05) is 12.1 Å². The number of carbonyl (C=O) groups is 1. The summed E-state index contributed by atoms with van der Waals surface area (Å²) in [6, 6.07) is 13.0. The second kappa shape index (κ2) is 25.4. The number of aromatic hydroxyl groups is 1. The lowest BCUT2D eigenvalue weighted by atomic mass is 10.1. The van der Waals surface area contributed by atoms with Gasteiger partial charge in [-0.15, -0.1) is 5.11 Å². The van der Waals surface area contributed by atoms with E-state index in [4.69, 9.17) is 27.9 Å². The first-order chi connectivity index (χ1) is 42.0. The van der Waals surface area contributed by atoms with Gasteiger partial charge in [0, 0.05) is 68.4 Å². The Bertz CT molecular complexity index is 4900. The fourth-order valence-corrected chi connectivity index (χ4v) is 12.8. The number of hydrogen-bond acceptors (Lipinski definition) is 28. The van der Waals surface area contributed by atoms with Gasteiger partial charge in [0.2, 0.25) is 40.3 Å². The van der Waals surface area contributed by atoms with Crippen LogP contribution in [-0.2, 0) is 55.4 Å². The number of ether oxygens (including phenoxy) is 1. The molecule has 1 fully saturated rings. The van der Waals surface area contributed by atoms with E-state index in [1.54, 1.807) is 13.8 Å². The Hall–Kier alpha value is -8.58. The zero-order valence-corrected chi connectivity index (χ0v) is 52.1. The molecule has 34 nitrogen and oxygen atoms in total. The third-order valence-corrected chi connectivity index (χ3v) is 18.1. The maximum Gasteiger partial charge on any atom is 0.296 e. The molecule has 9 rings (SSSR count). The molecule has 8 aromatic rings. The molecule has 1 aliphatic rings. The molecule has 0 bridgehead atoms. The molecule has 1 saturated heterocycles. The number of nitrogens with zero attached hydrogens (tertiary/aromatic N) is 10. The lowest BCUT2D eigenvalue weighted by molar-refractivity contribution is -0.114. The zero-order chi connectivity index (χ0) is 65.6. The summed E-state index contributed by atoms with van der Waals surface area (Å²) in [5, 5.41) is 29.4. The molecular formula is C49H48Cl2N16O18S5. The highest BCUT2D eigenvalue weighted by molar-refractivity contribution is 7.87. The van der Waals surface area contributed by atoms with Gasteiger partial charge in [-0.2, -0.15) is 77.1 Å². The van der Waals surface area contributed by atoms with Crippen LogP contribution in [0.2, 0.25) is 10.6 Å². The highest BCUT2D eigenvalue weighted by Crippen LogP contribution is 2.45. The highest BCUT2D eigenvalue weighted by atomic mass is 35.5. The third-order valence-electron chi connectivity index (χ3n) is 13.3.